The van der Waals surface area contributed by atoms with E-state index in [1.165, 1.54) is 0 Å². The average molecular weight is 256 g/mol. The Morgan fingerprint density at radius 1 is 1.39 bits per heavy atom. The Hall–Kier alpha value is -0.810. The molecule has 2 heterocycles. The molecule has 0 aliphatic carbocycles. The van der Waals surface area contributed by atoms with Crippen LogP contribution >= 0.6 is 0 Å². The summed E-state index contributed by atoms with van der Waals surface area (Å²) in [5.41, 5.74) is -0.734. The van der Waals surface area contributed by atoms with E-state index in [1.807, 2.05) is 0 Å². The minimum atomic E-state index is -0.734. The van der Waals surface area contributed by atoms with E-state index in [0.717, 1.165) is 51.9 Å². The van der Waals surface area contributed by atoms with E-state index in [0.29, 0.717) is 6.54 Å². The van der Waals surface area contributed by atoms with Gasteiger partial charge in [0.1, 0.15) is 0 Å². The molecular formula is C13H24N2O3. The van der Waals surface area contributed by atoms with E-state index < -0.39 is 5.60 Å². The molecule has 0 aromatic rings. The van der Waals surface area contributed by atoms with Crippen LogP contribution in [0.15, 0.2) is 0 Å². The van der Waals surface area contributed by atoms with Crippen molar-refractivity contribution in [2.75, 3.05) is 26.3 Å². The van der Waals surface area contributed by atoms with Gasteiger partial charge in [0.25, 0.3) is 0 Å². The van der Waals surface area contributed by atoms with Gasteiger partial charge < -0.3 is 20.1 Å². The van der Waals surface area contributed by atoms with Crippen LogP contribution < -0.4 is 5.32 Å². The number of rotatable bonds is 1. The van der Waals surface area contributed by atoms with Crippen LogP contribution in [0.25, 0.3) is 0 Å². The third-order valence-electron chi connectivity index (χ3n) is 3.74. The topological polar surface area (TPSA) is 61.8 Å². The van der Waals surface area contributed by atoms with Gasteiger partial charge in [0.05, 0.1) is 12.1 Å². The van der Waals surface area contributed by atoms with E-state index in [9.17, 15) is 9.90 Å². The van der Waals surface area contributed by atoms with Crippen LogP contribution in [-0.2, 0) is 4.74 Å². The Kier molecular flexibility index (Phi) is 4.45. The number of piperidine rings is 1. The zero-order chi connectivity index (χ0) is 13.0. The van der Waals surface area contributed by atoms with Crippen LogP contribution in [0.5, 0.6) is 0 Å². The monoisotopic (exact) mass is 256 g/mol. The summed E-state index contributed by atoms with van der Waals surface area (Å²) in [6.45, 7) is 4.49. The SMILES string of the molecule is C[C@@]1(O)CCCN(C(=O)N[C@H]2CCCOCC2)C1. The molecule has 2 atom stereocenters. The molecule has 2 fully saturated rings. The van der Waals surface area contributed by atoms with Gasteiger partial charge in [0, 0.05) is 25.8 Å². The molecule has 2 aliphatic heterocycles. The van der Waals surface area contributed by atoms with E-state index >= 15 is 0 Å². The molecule has 5 heteroatoms. The van der Waals surface area contributed by atoms with Crippen molar-refractivity contribution in [3.8, 4) is 0 Å². The molecule has 2 aliphatic rings. The first-order valence-corrected chi connectivity index (χ1v) is 6.92. The van der Waals surface area contributed by atoms with Crippen LogP contribution in [0.2, 0.25) is 0 Å². The lowest BCUT2D eigenvalue weighted by atomic mass is 9.95. The number of β-amino-alcohol motifs (C(OH)–C–C–N with tert-alkyl or cyclic N) is 1. The molecule has 0 radical (unpaired) electrons. The van der Waals surface area contributed by atoms with Crippen molar-refractivity contribution in [3.05, 3.63) is 0 Å². The molecule has 2 rings (SSSR count). The number of urea groups is 1. The maximum Gasteiger partial charge on any atom is 0.317 e. The highest BCUT2D eigenvalue weighted by atomic mass is 16.5. The molecule has 0 bridgehead atoms. The summed E-state index contributed by atoms with van der Waals surface area (Å²) in [5.74, 6) is 0. The maximum atomic E-state index is 12.1. The van der Waals surface area contributed by atoms with Gasteiger partial charge in [-0.25, -0.2) is 4.79 Å². The minimum Gasteiger partial charge on any atom is -0.388 e. The van der Waals surface area contributed by atoms with E-state index in [4.69, 9.17) is 4.74 Å². The molecule has 2 saturated heterocycles. The summed E-state index contributed by atoms with van der Waals surface area (Å²) < 4.78 is 5.38. The van der Waals surface area contributed by atoms with Crippen molar-refractivity contribution >= 4 is 6.03 Å². The molecule has 2 N–H and O–H groups in total. The molecule has 2 amide bonds. The highest BCUT2D eigenvalue weighted by Crippen LogP contribution is 2.20. The molecule has 5 nitrogen and oxygen atoms in total. The third kappa shape index (κ3) is 3.85. The van der Waals surface area contributed by atoms with Gasteiger partial charge in [-0.05, 0) is 39.0 Å². The smallest absolute Gasteiger partial charge is 0.317 e. The highest BCUT2D eigenvalue weighted by molar-refractivity contribution is 5.74. The quantitative estimate of drug-likeness (QED) is 0.739. The zero-order valence-corrected chi connectivity index (χ0v) is 11.2. The summed E-state index contributed by atoms with van der Waals surface area (Å²) >= 11 is 0. The van der Waals surface area contributed by atoms with Crippen molar-refractivity contribution in [2.45, 2.75) is 50.7 Å². The normalized spacial score (nSPS) is 33.9. The van der Waals surface area contributed by atoms with Gasteiger partial charge >= 0.3 is 6.03 Å². The number of amides is 2. The maximum absolute atomic E-state index is 12.1. The van der Waals surface area contributed by atoms with Crippen molar-refractivity contribution in [3.63, 3.8) is 0 Å². The molecule has 0 aromatic carbocycles. The van der Waals surface area contributed by atoms with Gasteiger partial charge in [-0.2, -0.15) is 0 Å². The molecule has 0 spiro atoms. The van der Waals surface area contributed by atoms with Crippen LogP contribution in [0, 0.1) is 0 Å². The van der Waals surface area contributed by atoms with Crippen molar-refractivity contribution < 1.29 is 14.6 Å². The van der Waals surface area contributed by atoms with E-state index in [-0.39, 0.29) is 12.1 Å². The lowest BCUT2D eigenvalue weighted by Crippen LogP contribution is -2.53. The fraction of sp³-hybridized carbons (Fsp3) is 0.923. The molecule has 0 aromatic heterocycles. The molecule has 104 valence electrons. The standard InChI is InChI=1S/C13H24N2O3/c1-13(17)6-3-7-15(10-13)12(16)14-11-4-2-8-18-9-5-11/h11,17H,2-10H2,1H3,(H,14,16)/t11-,13+/m0/s1. The first-order chi connectivity index (χ1) is 8.57. The van der Waals surface area contributed by atoms with Crippen LogP contribution in [-0.4, -0.2) is 54.0 Å². The summed E-state index contributed by atoms with van der Waals surface area (Å²) in [5, 5.41) is 13.1. The lowest BCUT2D eigenvalue weighted by Gasteiger charge is -2.37. The molecule has 0 saturated carbocycles. The summed E-state index contributed by atoms with van der Waals surface area (Å²) in [4.78, 5) is 13.9. The van der Waals surface area contributed by atoms with Gasteiger partial charge in [-0.3, -0.25) is 0 Å². The summed E-state index contributed by atoms with van der Waals surface area (Å²) in [7, 11) is 0. The van der Waals surface area contributed by atoms with Crippen molar-refractivity contribution in [1.82, 2.24) is 10.2 Å². The molecule has 0 unspecified atom stereocenters. The Morgan fingerprint density at radius 2 is 2.22 bits per heavy atom. The second-order valence-electron chi connectivity index (χ2n) is 5.71. The first-order valence-electron chi connectivity index (χ1n) is 6.92. The fourth-order valence-corrected chi connectivity index (χ4v) is 2.71. The second kappa shape index (κ2) is 5.89. The van der Waals surface area contributed by atoms with Crippen LogP contribution in [0.4, 0.5) is 4.79 Å². The first kappa shape index (κ1) is 13.6. The lowest BCUT2D eigenvalue weighted by molar-refractivity contribution is -0.00293. The number of nitrogens with one attached hydrogen (secondary N) is 1. The predicted octanol–water partition coefficient (Wildman–Crippen LogP) is 1.11. The number of carbonyl (C=O) groups excluding carboxylic acids is 1. The number of hydrogen-bond acceptors (Lipinski definition) is 3. The Labute approximate surface area is 108 Å². The number of carbonyl (C=O) groups is 1. The predicted molar refractivity (Wildman–Crippen MR) is 68.4 cm³/mol. The Balaban J connectivity index is 1.83. The number of nitrogens with zero attached hydrogens (tertiary/aromatic N) is 1. The molecular weight excluding hydrogens is 232 g/mol. The van der Waals surface area contributed by atoms with E-state index in [1.54, 1.807) is 11.8 Å². The highest BCUT2D eigenvalue weighted by Gasteiger charge is 2.31. The minimum absolute atomic E-state index is 0.0399. The van der Waals surface area contributed by atoms with Gasteiger partial charge in [-0.15, -0.1) is 0 Å². The second-order valence-corrected chi connectivity index (χ2v) is 5.71. The number of hydrogen-bond donors (Lipinski definition) is 2. The molecule has 18 heavy (non-hydrogen) atoms. The van der Waals surface area contributed by atoms with Crippen LogP contribution in [0.3, 0.4) is 0 Å². The third-order valence-corrected chi connectivity index (χ3v) is 3.74. The van der Waals surface area contributed by atoms with Crippen molar-refractivity contribution in [1.29, 1.82) is 0 Å². The number of ether oxygens (including phenoxy) is 1. The Bertz CT molecular complexity index is 286. The van der Waals surface area contributed by atoms with Gasteiger partial charge in [0.2, 0.25) is 0 Å². The summed E-state index contributed by atoms with van der Waals surface area (Å²) in [6, 6.07) is 0.175. The van der Waals surface area contributed by atoms with Gasteiger partial charge in [0.15, 0.2) is 0 Å². The number of aliphatic hydroxyl groups is 1. The summed E-state index contributed by atoms with van der Waals surface area (Å²) in [6.07, 6.45) is 4.51. The zero-order valence-electron chi connectivity index (χ0n) is 11.2. The Morgan fingerprint density at radius 3 is 3.00 bits per heavy atom. The average Bonchev–Trinajstić information content (AvgIpc) is 2.56. The fourth-order valence-electron chi connectivity index (χ4n) is 2.71. The van der Waals surface area contributed by atoms with E-state index in [2.05, 4.69) is 5.32 Å². The van der Waals surface area contributed by atoms with Gasteiger partial charge in [-0.1, -0.05) is 0 Å². The number of likely N-dealkylation sites (tertiary alicyclic amines) is 1. The van der Waals surface area contributed by atoms with Crippen LogP contribution in [0.1, 0.15) is 39.0 Å². The largest absolute Gasteiger partial charge is 0.388 e. The van der Waals surface area contributed by atoms with Crippen molar-refractivity contribution in [2.24, 2.45) is 0 Å².